The van der Waals surface area contributed by atoms with Gasteiger partial charge < -0.3 is 0 Å². The van der Waals surface area contributed by atoms with Gasteiger partial charge in [0, 0.05) is 0 Å². The van der Waals surface area contributed by atoms with Gasteiger partial charge in [-0.25, -0.2) is 0 Å². The molecule has 0 radical (unpaired) electrons. The number of nitrogens with zero attached hydrogens (tertiary/aromatic N) is 2. The van der Waals surface area contributed by atoms with Crippen LogP contribution >= 0.6 is 11.3 Å². The third kappa shape index (κ3) is 2.34. The molecule has 0 aromatic carbocycles. The summed E-state index contributed by atoms with van der Waals surface area (Å²) < 4.78 is 74.5. The number of halogens is 6. The number of hydrogen-bond donors (Lipinski definition) is 0. The fourth-order valence-corrected chi connectivity index (χ4v) is 2.06. The maximum atomic E-state index is 12.4. The molecule has 1 heterocycles. The first-order valence-electron chi connectivity index (χ1n) is 3.74. The van der Waals surface area contributed by atoms with E-state index in [0.717, 1.165) is 12.1 Å². The number of thiophene rings is 1. The predicted molar refractivity (Wildman–Crippen MR) is 43.8 cm³/mol. The van der Waals surface area contributed by atoms with Crippen molar-refractivity contribution in [3.63, 3.8) is 0 Å². The second kappa shape index (κ2) is 3.93. The predicted octanol–water partition coefficient (Wildman–Crippen LogP) is 3.53. The summed E-state index contributed by atoms with van der Waals surface area (Å²) in [6.07, 6.45) is -10.7. The van der Waals surface area contributed by atoms with Crippen molar-refractivity contribution >= 4 is 11.3 Å². The molecule has 0 unspecified atom stereocenters. The second-order valence-corrected chi connectivity index (χ2v) is 3.75. The van der Waals surface area contributed by atoms with E-state index in [-0.39, 0.29) is 11.3 Å². The van der Waals surface area contributed by atoms with Crippen molar-refractivity contribution in [3.8, 4) is 12.1 Å². The molecule has 0 saturated carbocycles. The van der Waals surface area contributed by atoms with Gasteiger partial charge in [-0.3, -0.25) is 0 Å². The zero-order valence-corrected chi connectivity index (χ0v) is 8.39. The molecule has 1 aromatic rings. The number of rotatable bonds is 0. The van der Waals surface area contributed by atoms with Crippen LogP contribution in [0, 0.1) is 22.7 Å². The van der Waals surface area contributed by atoms with Crippen molar-refractivity contribution in [2.75, 3.05) is 0 Å². The van der Waals surface area contributed by atoms with E-state index in [1.807, 2.05) is 0 Å². The Bertz CT molecular complexity index is 478. The van der Waals surface area contributed by atoms with Crippen LogP contribution in [0.4, 0.5) is 26.3 Å². The lowest BCUT2D eigenvalue weighted by Crippen LogP contribution is -2.16. The molecule has 1 rings (SSSR count). The molecule has 0 bridgehead atoms. The van der Waals surface area contributed by atoms with Gasteiger partial charge in [-0.2, -0.15) is 36.9 Å². The zero-order chi connectivity index (χ0) is 13.4. The molecule has 2 nitrogen and oxygen atoms in total. The average Bonchev–Trinajstić information content (AvgIpc) is 2.54. The van der Waals surface area contributed by atoms with Crippen molar-refractivity contribution in [2.24, 2.45) is 0 Å². The van der Waals surface area contributed by atoms with Gasteiger partial charge in [0.1, 0.15) is 21.9 Å². The van der Waals surface area contributed by atoms with E-state index in [9.17, 15) is 26.3 Å². The first-order valence-corrected chi connectivity index (χ1v) is 4.56. The van der Waals surface area contributed by atoms with Crippen molar-refractivity contribution in [2.45, 2.75) is 12.4 Å². The Kier molecular flexibility index (Phi) is 3.08. The van der Waals surface area contributed by atoms with Crippen molar-refractivity contribution in [3.05, 3.63) is 20.9 Å². The summed E-state index contributed by atoms with van der Waals surface area (Å²) in [7, 11) is 0. The van der Waals surface area contributed by atoms with E-state index in [2.05, 4.69) is 0 Å². The molecule has 0 aliphatic rings. The van der Waals surface area contributed by atoms with Crippen LogP contribution in [0.1, 0.15) is 20.9 Å². The minimum absolute atomic E-state index is 0.122. The Hall–Kier alpha value is -1.74. The van der Waals surface area contributed by atoms with Crippen LogP contribution in [0.5, 0.6) is 0 Å². The Morgan fingerprint density at radius 2 is 1.06 bits per heavy atom. The summed E-state index contributed by atoms with van der Waals surface area (Å²) in [5, 5.41) is 16.7. The Balaban J connectivity index is 3.74. The number of hydrogen-bond acceptors (Lipinski definition) is 3. The molecule has 0 saturated heterocycles. The van der Waals surface area contributed by atoms with E-state index in [1.54, 1.807) is 0 Å². The van der Waals surface area contributed by atoms with Crippen LogP contribution in [0.2, 0.25) is 0 Å². The summed E-state index contributed by atoms with van der Waals surface area (Å²) in [6.45, 7) is 0. The Morgan fingerprint density at radius 1 is 0.765 bits per heavy atom. The van der Waals surface area contributed by atoms with Gasteiger partial charge in [0.25, 0.3) is 0 Å². The van der Waals surface area contributed by atoms with Crippen LogP contribution in [0.15, 0.2) is 0 Å². The highest BCUT2D eigenvalue weighted by Crippen LogP contribution is 2.47. The van der Waals surface area contributed by atoms with Gasteiger partial charge in [0.2, 0.25) is 0 Å². The van der Waals surface area contributed by atoms with Gasteiger partial charge in [-0.15, -0.1) is 11.3 Å². The second-order valence-electron chi connectivity index (χ2n) is 2.73. The molecule has 0 N–H and O–H groups in total. The minimum atomic E-state index is -5.33. The molecule has 0 spiro atoms. The van der Waals surface area contributed by atoms with Crippen molar-refractivity contribution in [1.29, 1.82) is 10.5 Å². The molecule has 1 aromatic heterocycles. The summed E-state index contributed by atoms with van der Waals surface area (Å²) in [4.78, 5) is -2.33. The van der Waals surface area contributed by atoms with Crippen LogP contribution in [0.25, 0.3) is 0 Å². The summed E-state index contributed by atoms with van der Waals surface area (Å²) in [6, 6.07) is 2.03. The van der Waals surface area contributed by atoms with E-state index < -0.39 is 33.2 Å². The van der Waals surface area contributed by atoms with Gasteiger partial charge >= 0.3 is 12.4 Å². The van der Waals surface area contributed by atoms with E-state index >= 15 is 0 Å². The highest BCUT2D eigenvalue weighted by Gasteiger charge is 2.49. The molecule has 90 valence electrons. The molecule has 0 fully saturated rings. The zero-order valence-electron chi connectivity index (χ0n) is 7.57. The SMILES string of the molecule is N#Cc1sc(C#N)c(C(F)(F)F)c1C(F)(F)F. The summed E-state index contributed by atoms with van der Waals surface area (Å²) in [5.74, 6) is 0. The molecule has 0 aliphatic heterocycles. The van der Waals surface area contributed by atoms with E-state index in [4.69, 9.17) is 10.5 Å². The van der Waals surface area contributed by atoms with Crippen LogP contribution in [-0.2, 0) is 12.4 Å². The lowest BCUT2D eigenvalue weighted by atomic mass is 10.1. The molecule has 9 heteroatoms. The van der Waals surface area contributed by atoms with Crippen LogP contribution < -0.4 is 0 Å². The average molecular weight is 270 g/mol. The van der Waals surface area contributed by atoms with Gasteiger partial charge in [-0.1, -0.05) is 0 Å². The fourth-order valence-electron chi connectivity index (χ4n) is 1.13. The standard InChI is InChI=1S/C8F6N2S/c9-7(10,11)5-3(1-15)17-4(2-16)6(5)8(12,13)14. The first-order chi connectivity index (χ1) is 7.62. The molecular weight excluding hydrogens is 270 g/mol. The quantitative estimate of drug-likeness (QED) is 0.677. The Morgan fingerprint density at radius 3 is 1.24 bits per heavy atom. The molecule has 0 aliphatic carbocycles. The molecule has 17 heavy (non-hydrogen) atoms. The molecule has 0 atom stereocenters. The van der Waals surface area contributed by atoms with Crippen LogP contribution in [-0.4, -0.2) is 0 Å². The Labute approximate surface area is 94.3 Å². The highest BCUT2D eigenvalue weighted by atomic mass is 32.1. The first kappa shape index (κ1) is 13.3. The summed E-state index contributed by atoms with van der Waals surface area (Å²) >= 11 is -0.122. The minimum Gasteiger partial charge on any atom is -0.192 e. The normalized spacial score (nSPS) is 12.0. The van der Waals surface area contributed by atoms with Gasteiger partial charge in [0.15, 0.2) is 0 Å². The number of nitriles is 2. The number of alkyl halides is 6. The van der Waals surface area contributed by atoms with Gasteiger partial charge in [0.05, 0.1) is 11.1 Å². The fraction of sp³-hybridized carbons (Fsp3) is 0.250. The largest absolute Gasteiger partial charge is 0.419 e. The van der Waals surface area contributed by atoms with Crippen LogP contribution in [0.3, 0.4) is 0 Å². The third-order valence-corrected chi connectivity index (χ3v) is 2.68. The maximum absolute atomic E-state index is 12.4. The third-order valence-electron chi connectivity index (χ3n) is 1.68. The van der Waals surface area contributed by atoms with E-state index in [0.29, 0.717) is 0 Å². The maximum Gasteiger partial charge on any atom is 0.419 e. The smallest absolute Gasteiger partial charge is 0.192 e. The lowest BCUT2D eigenvalue weighted by Gasteiger charge is -2.11. The lowest BCUT2D eigenvalue weighted by molar-refractivity contribution is -0.161. The van der Waals surface area contributed by atoms with Gasteiger partial charge in [-0.05, 0) is 0 Å². The highest BCUT2D eigenvalue weighted by molar-refractivity contribution is 7.13. The van der Waals surface area contributed by atoms with E-state index in [1.165, 1.54) is 0 Å². The van der Waals surface area contributed by atoms with Crippen molar-refractivity contribution in [1.82, 2.24) is 0 Å². The molecular formula is C8F6N2S. The van der Waals surface area contributed by atoms with Crippen molar-refractivity contribution < 1.29 is 26.3 Å². The topological polar surface area (TPSA) is 47.6 Å². The monoisotopic (exact) mass is 270 g/mol. The molecule has 0 amide bonds. The summed E-state index contributed by atoms with van der Waals surface area (Å²) in [5.41, 5.74) is -4.18.